The van der Waals surface area contributed by atoms with E-state index in [2.05, 4.69) is 24.2 Å². The Hall–Kier alpha value is -1.26. The van der Waals surface area contributed by atoms with Gasteiger partial charge in [-0.15, -0.1) is 0 Å². The van der Waals surface area contributed by atoms with Crippen LogP contribution < -0.4 is 11.1 Å². The Balaban J connectivity index is 2.25. The summed E-state index contributed by atoms with van der Waals surface area (Å²) < 4.78 is 0. The Morgan fingerprint density at radius 1 is 1.29 bits per heavy atom. The van der Waals surface area contributed by atoms with Gasteiger partial charge >= 0.3 is 0 Å². The average molecular weight is 312 g/mol. The highest BCUT2D eigenvalue weighted by molar-refractivity contribution is 6.31. The number of amides is 1. The minimum absolute atomic E-state index is 0.00835. The van der Waals surface area contributed by atoms with Crippen molar-refractivity contribution in [3.8, 4) is 0 Å². The Labute approximate surface area is 132 Å². The Morgan fingerprint density at radius 3 is 2.67 bits per heavy atom. The van der Waals surface area contributed by atoms with Gasteiger partial charge in [0.05, 0.1) is 11.4 Å². The van der Waals surface area contributed by atoms with Crippen LogP contribution in [0.1, 0.15) is 39.0 Å². The summed E-state index contributed by atoms with van der Waals surface area (Å²) >= 11 is 5.83. The number of rotatable bonds is 9. The normalized spacial score (nSPS) is 10.9. The van der Waals surface area contributed by atoms with Crippen molar-refractivity contribution in [1.82, 2.24) is 4.90 Å². The number of halogens is 1. The molecule has 5 heteroatoms. The number of carbonyl (C=O) groups excluding carboxylic acids is 1. The van der Waals surface area contributed by atoms with E-state index in [1.807, 2.05) is 0 Å². The van der Waals surface area contributed by atoms with Crippen LogP contribution in [0.2, 0.25) is 5.02 Å². The van der Waals surface area contributed by atoms with Crippen LogP contribution in [0.15, 0.2) is 18.2 Å². The number of unbranched alkanes of at least 4 members (excludes halogenated alkanes) is 2. The maximum absolute atomic E-state index is 11.9. The predicted octanol–water partition coefficient (Wildman–Crippen LogP) is 3.76. The standard InChI is InChI=1S/C16H26ClN3O/c1-3-4-5-10-20(2)11-6-7-16(21)19-15-9-8-13(17)12-14(15)18/h8-9,12H,3-7,10-11,18H2,1-2H3,(H,19,21). The van der Waals surface area contributed by atoms with Gasteiger partial charge in [-0.3, -0.25) is 4.79 Å². The third-order valence-electron chi connectivity index (χ3n) is 3.37. The molecular formula is C16H26ClN3O. The lowest BCUT2D eigenvalue weighted by Crippen LogP contribution is -2.22. The number of carbonyl (C=O) groups is 1. The first kappa shape index (κ1) is 17.8. The molecule has 1 aromatic rings. The van der Waals surface area contributed by atoms with Crippen molar-refractivity contribution in [1.29, 1.82) is 0 Å². The zero-order valence-electron chi connectivity index (χ0n) is 13.0. The molecule has 4 nitrogen and oxygen atoms in total. The number of nitrogen functional groups attached to an aromatic ring is 1. The van der Waals surface area contributed by atoms with Crippen molar-refractivity contribution in [2.75, 3.05) is 31.2 Å². The lowest BCUT2D eigenvalue weighted by atomic mass is 10.2. The molecule has 0 fully saturated rings. The molecule has 0 aliphatic rings. The van der Waals surface area contributed by atoms with Gasteiger partial charge in [0.25, 0.3) is 0 Å². The van der Waals surface area contributed by atoms with Crippen LogP contribution in [0, 0.1) is 0 Å². The fourth-order valence-electron chi connectivity index (χ4n) is 2.11. The van der Waals surface area contributed by atoms with Crippen LogP contribution >= 0.6 is 11.6 Å². The van der Waals surface area contributed by atoms with Gasteiger partial charge in [-0.1, -0.05) is 31.4 Å². The van der Waals surface area contributed by atoms with Gasteiger partial charge in [0.1, 0.15) is 0 Å². The molecule has 0 unspecified atom stereocenters. The Kier molecular flexibility index (Phi) is 8.16. The maximum Gasteiger partial charge on any atom is 0.224 e. The van der Waals surface area contributed by atoms with Gasteiger partial charge in [0.2, 0.25) is 5.91 Å². The third kappa shape index (κ3) is 7.34. The molecule has 0 bridgehead atoms. The van der Waals surface area contributed by atoms with Crippen LogP contribution in [0.25, 0.3) is 0 Å². The molecule has 0 radical (unpaired) electrons. The quantitative estimate of drug-likeness (QED) is 0.539. The monoisotopic (exact) mass is 311 g/mol. The predicted molar refractivity (Wildman–Crippen MR) is 90.8 cm³/mol. The third-order valence-corrected chi connectivity index (χ3v) is 3.61. The van der Waals surface area contributed by atoms with Gasteiger partial charge in [-0.25, -0.2) is 0 Å². The summed E-state index contributed by atoms with van der Waals surface area (Å²) in [6, 6.07) is 5.08. The largest absolute Gasteiger partial charge is 0.397 e. The van der Waals surface area contributed by atoms with E-state index in [-0.39, 0.29) is 5.91 Å². The number of nitrogens with one attached hydrogen (secondary N) is 1. The molecule has 0 heterocycles. The molecule has 118 valence electrons. The molecule has 0 aromatic heterocycles. The number of anilines is 2. The number of hydrogen-bond donors (Lipinski definition) is 2. The second-order valence-electron chi connectivity index (χ2n) is 5.39. The zero-order chi connectivity index (χ0) is 15.7. The molecule has 3 N–H and O–H groups in total. The van der Waals surface area contributed by atoms with Crippen LogP contribution in [-0.4, -0.2) is 30.9 Å². The summed E-state index contributed by atoms with van der Waals surface area (Å²) in [5.74, 6) is -0.00835. The van der Waals surface area contributed by atoms with Gasteiger partial charge in [-0.2, -0.15) is 0 Å². The van der Waals surface area contributed by atoms with Crippen molar-refractivity contribution in [2.24, 2.45) is 0 Å². The second-order valence-corrected chi connectivity index (χ2v) is 5.83. The molecule has 0 saturated carbocycles. The number of hydrogen-bond acceptors (Lipinski definition) is 3. The molecule has 1 amide bonds. The smallest absolute Gasteiger partial charge is 0.224 e. The van der Waals surface area contributed by atoms with Crippen LogP contribution in [0.4, 0.5) is 11.4 Å². The van der Waals surface area contributed by atoms with Gasteiger partial charge < -0.3 is 16.0 Å². The lowest BCUT2D eigenvalue weighted by Gasteiger charge is -2.16. The number of benzene rings is 1. The number of nitrogens with two attached hydrogens (primary N) is 1. The summed E-state index contributed by atoms with van der Waals surface area (Å²) in [6.45, 7) is 4.24. The molecule has 0 aliphatic carbocycles. The Bertz CT molecular complexity index is 451. The molecule has 0 atom stereocenters. The fraction of sp³-hybridized carbons (Fsp3) is 0.562. The first-order valence-corrected chi connectivity index (χ1v) is 7.94. The Morgan fingerprint density at radius 2 is 2.00 bits per heavy atom. The van der Waals surface area contributed by atoms with Crippen molar-refractivity contribution in [3.63, 3.8) is 0 Å². The van der Waals surface area contributed by atoms with Gasteiger partial charge in [0, 0.05) is 11.4 Å². The van der Waals surface area contributed by atoms with E-state index in [0.717, 1.165) is 19.5 Å². The van der Waals surface area contributed by atoms with E-state index in [9.17, 15) is 4.79 Å². The molecule has 0 aliphatic heterocycles. The fourth-order valence-corrected chi connectivity index (χ4v) is 2.29. The van der Waals surface area contributed by atoms with Gasteiger partial charge in [0.15, 0.2) is 0 Å². The topological polar surface area (TPSA) is 58.4 Å². The van der Waals surface area contributed by atoms with Crippen molar-refractivity contribution >= 4 is 28.9 Å². The van der Waals surface area contributed by atoms with Crippen molar-refractivity contribution < 1.29 is 4.79 Å². The number of nitrogens with zero attached hydrogens (tertiary/aromatic N) is 1. The summed E-state index contributed by atoms with van der Waals surface area (Å²) in [4.78, 5) is 14.2. The summed E-state index contributed by atoms with van der Waals surface area (Å²) in [7, 11) is 2.10. The minimum Gasteiger partial charge on any atom is -0.397 e. The van der Waals surface area contributed by atoms with Gasteiger partial charge in [-0.05, 0) is 51.2 Å². The highest BCUT2D eigenvalue weighted by Crippen LogP contribution is 2.22. The van der Waals surface area contributed by atoms with Crippen LogP contribution in [-0.2, 0) is 4.79 Å². The zero-order valence-corrected chi connectivity index (χ0v) is 13.7. The van der Waals surface area contributed by atoms with Crippen LogP contribution in [0.3, 0.4) is 0 Å². The van der Waals surface area contributed by atoms with E-state index in [1.54, 1.807) is 18.2 Å². The highest BCUT2D eigenvalue weighted by Gasteiger charge is 2.06. The molecule has 0 saturated heterocycles. The SMILES string of the molecule is CCCCCN(C)CCCC(=O)Nc1ccc(Cl)cc1N. The second kappa shape index (κ2) is 9.64. The first-order chi connectivity index (χ1) is 10.0. The molecule has 1 aromatic carbocycles. The lowest BCUT2D eigenvalue weighted by molar-refractivity contribution is -0.116. The summed E-state index contributed by atoms with van der Waals surface area (Å²) in [5, 5.41) is 3.39. The molecule has 21 heavy (non-hydrogen) atoms. The van der Waals surface area contributed by atoms with E-state index < -0.39 is 0 Å². The van der Waals surface area contributed by atoms with Crippen LogP contribution in [0.5, 0.6) is 0 Å². The summed E-state index contributed by atoms with van der Waals surface area (Å²) in [5.41, 5.74) is 6.93. The molecular weight excluding hydrogens is 286 g/mol. The average Bonchev–Trinajstić information content (AvgIpc) is 2.42. The van der Waals surface area contributed by atoms with E-state index in [4.69, 9.17) is 17.3 Å². The molecule has 1 rings (SSSR count). The minimum atomic E-state index is -0.00835. The summed E-state index contributed by atoms with van der Waals surface area (Å²) in [6.07, 6.45) is 5.07. The first-order valence-electron chi connectivity index (χ1n) is 7.56. The van der Waals surface area contributed by atoms with E-state index in [1.165, 1.54) is 19.3 Å². The molecule has 0 spiro atoms. The maximum atomic E-state index is 11.9. The van der Waals surface area contributed by atoms with Crippen molar-refractivity contribution in [2.45, 2.75) is 39.0 Å². The van der Waals surface area contributed by atoms with E-state index in [0.29, 0.717) is 22.8 Å². The highest BCUT2D eigenvalue weighted by atomic mass is 35.5. The van der Waals surface area contributed by atoms with Crippen molar-refractivity contribution in [3.05, 3.63) is 23.2 Å². The van der Waals surface area contributed by atoms with E-state index >= 15 is 0 Å².